The predicted octanol–water partition coefficient (Wildman–Crippen LogP) is 2.34. The maximum Gasteiger partial charge on any atom is 0.330 e. The molecule has 1 aliphatic heterocycles. The van der Waals surface area contributed by atoms with E-state index in [9.17, 15) is 4.79 Å². The van der Waals surface area contributed by atoms with Crippen molar-refractivity contribution in [3.63, 3.8) is 0 Å². The first kappa shape index (κ1) is 13.3. The van der Waals surface area contributed by atoms with Crippen LogP contribution in [-0.4, -0.2) is 30.1 Å². The second-order valence-corrected chi connectivity index (χ2v) is 4.88. The molecule has 4 nitrogen and oxygen atoms in total. The number of hydrogen-bond donors (Lipinski definition) is 0. The molecular formula is C15H17NO3. The average Bonchev–Trinajstić information content (AvgIpc) is 2.72. The molecule has 0 saturated carbocycles. The first-order chi connectivity index (χ1) is 9.03. The van der Waals surface area contributed by atoms with Crippen LogP contribution in [0.4, 0.5) is 0 Å². The molecule has 0 amide bonds. The molecule has 0 fully saturated rings. The first-order valence-corrected chi connectivity index (χ1v) is 6.14. The Hall–Kier alpha value is -2.10. The smallest absolute Gasteiger partial charge is 0.330 e. The van der Waals surface area contributed by atoms with Crippen molar-refractivity contribution in [2.24, 2.45) is 4.99 Å². The minimum Gasteiger partial charge on any atom is -0.468 e. The van der Waals surface area contributed by atoms with Crippen LogP contribution in [-0.2, 0) is 14.3 Å². The highest BCUT2D eigenvalue weighted by atomic mass is 16.6. The van der Waals surface area contributed by atoms with Crippen molar-refractivity contribution in [1.29, 1.82) is 0 Å². The maximum absolute atomic E-state index is 11.1. The number of nitrogens with zero attached hydrogens (tertiary/aromatic N) is 1. The summed E-state index contributed by atoms with van der Waals surface area (Å²) in [4.78, 5) is 15.7. The van der Waals surface area contributed by atoms with Crippen LogP contribution >= 0.6 is 0 Å². The Morgan fingerprint density at radius 1 is 1.47 bits per heavy atom. The lowest BCUT2D eigenvalue weighted by Gasteiger charge is -2.22. The Morgan fingerprint density at radius 2 is 2.16 bits per heavy atom. The van der Waals surface area contributed by atoms with Crippen LogP contribution in [0.2, 0.25) is 0 Å². The predicted molar refractivity (Wildman–Crippen MR) is 73.1 cm³/mol. The van der Waals surface area contributed by atoms with E-state index in [-0.39, 0.29) is 12.7 Å². The number of benzene rings is 1. The fourth-order valence-electron chi connectivity index (χ4n) is 1.81. The van der Waals surface area contributed by atoms with E-state index in [4.69, 9.17) is 9.47 Å². The third kappa shape index (κ3) is 3.02. The van der Waals surface area contributed by atoms with Crippen LogP contribution < -0.4 is 0 Å². The van der Waals surface area contributed by atoms with Gasteiger partial charge in [-0.3, -0.25) is 0 Å². The third-order valence-corrected chi connectivity index (χ3v) is 3.00. The molecule has 0 aliphatic carbocycles. The van der Waals surface area contributed by atoms with Gasteiger partial charge in [0, 0.05) is 11.6 Å². The van der Waals surface area contributed by atoms with E-state index in [0.29, 0.717) is 5.90 Å². The molecule has 19 heavy (non-hydrogen) atoms. The Morgan fingerprint density at radius 3 is 2.79 bits per heavy atom. The molecule has 1 aliphatic rings. The van der Waals surface area contributed by atoms with Crippen LogP contribution in [0, 0.1) is 0 Å². The molecule has 100 valence electrons. The highest BCUT2D eigenvalue weighted by molar-refractivity contribution is 5.95. The lowest BCUT2D eigenvalue weighted by atomic mass is 10.00. The highest BCUT2D eigenvalue weighted by Crippen LogP contribution is 2.27. The number of ether oxygens (including phenoxy) is 2. The van der Waals surface area contributed by atoms with E-state index in [1.807, 2.05) is 44.2 Å². The average molecular weight is 259 g/mol. The molecule has 1 aromatic rings. The lowest BCUT2D eigenvalue weighted by molar-refractivity contribution is -0.140. The summed E-state index contributed by atoms with van der Waals surface area (Å²) in [6.07, 6.45) is 0.854. The zero-order valence-corrected chi connectivity index (χ0v) is 11.1. The Balaban J connectivity index is 2.08. The van der Waals surface area contributed by atoms with Crippen LogP contribution in [0.5, 0.6) is 0 Å². The van der Waals surface area contributed by atoms with Gasteiger partial charge in [-0.15, -0.1) is 0 Å². The van der Waals surface area contributed by atoms with Gasteiger partial charge < -0.3 is 9.47 Å². The van der Waals surface area contributed by atoms with E-state index >= 15 is 0 Å². The van der Waals surface area contributed by atoms with E-state index in [1.54, 1.807) is 0 Å². The van der Waals surface area contributed by atoms with Crippen LogP contribution in [0.3, 0.4) is 0 Å². The SMILES string of the molecule is C=CC(=O)OCC1OC(c2ccccc2)=NC1(C)C. The zero-order valence-electron chi connectivity index (χ0n) is 11.1. The van der Waals surface area contributed by atoms with Gasteiger partial charge in [0.05, 0.1) is 5.54 Å². The van der Waals surface area contributed by atoms with Crippen molar-refractivity contribution in [3.05, 3.63) is 48.6 Å². The van der Waals surface area contributed by atoms with E-state index in [0.717, 1.165) is 11.6 Å². The van der Waals surface area contributed by atoms with Crippen LogP contribution in [0.25, 0.3) is 0 Å². The van der Waals surface area contributed by atoms with Gasteiger partial charge in [-0.05, 0) is 26.0 Å². The van der Waals surface area contributed by atoms with Crippen molar-refractivity contribution >= 4 is 11.9 Å². The standard InChI is InChI=1S/C15H17NO3/c1-4-13(17)18-10-12-15(2,3)16-14(19-12)11-8-6-5-7-9-11/h4-9,12H,1,10H2,2-3H3. The summed E-state index contributed by atoms with van der Waals surface area (Å²) in [6.45, 7) is 7.43. The van der Waals surface area contributed by atoms with E-state index < -0.39 is 11.5 Å². The van der Waals surface area contributed by atoms with Crippen molar-refractivity contribution in [1.82, 2.24) is 0 Å². The normalized spacial score (nSPS) is 20.3. The van der Waals surface area contributed by atoms with E-state index in [1.165, 1.54) is 0 Å². The number of esters is 1. The van der Waals surface area contributed by atoms with Crippen LogP contribution in [0.15, 0.2) is 48.0 Å². The molecule has 0 aromatic heterocycles. The number of aliphatic imine (C=N–C) groups is 1. The van der Waals surface area contributed by atoms with Crippen molar-refractivity contribution < 1.29 is 14.3 Å². The van der Waals surface area contributed by atoms with Gasteiger partial charge in [0.2, 0.25) is 5.90 Å². The van der Waals surface area contributed by atoms with Gasteiger partial charge in [-0.2, -0.15) is 0 Å². The second kappa shape index (κ2) is 5.26. The topological polar surface area (TPSA) is 47.9 Å². The molecule has 0 spiro atoms. The number of carbonyl (C=O) groups is 1. The monoisotopic (exact) mass is 259 g/mol. The Labute approximate surface area is 112 Å². The molecule has 0 N–H and O–H groups in total. The van der Waals surface area contributed by atoms with Crippen molar-refractivity contribution in [2.45, 2.75) is 25.5 Å². The molecule has 0 radical (unpaired) electrons. The maximum atomic E-state index is 11.1. The molecule has 1 unspecified atom stereocenters. The fourth-order valence-corrected chi connectivity index (χ4v) is 1.81. The first-order valence-electron chi connectivity index (χ1n) is 6.14. The Kier molecular flexibility index (Phi) is 3.69. The second-order valence-electron chi connectivity index (χ2n) is 4.88. The summed E-state index contributed by atoms with van der Waals surface area (Å²) in [6, 6.07) is 9.67. The largest absolute Gasteiger partial charge is 0.468 e. The molecule has 2 rings (SSSR count). The van der Waals surface area contributed by atoms with Crippen molar-refractivity contribution in [3.8, 4) is 0 Å². The molecule has 0 bridgehead atoms. The minimum absolute atomic E-state index is 0.164. The third-order valence-electron chi connectivity index (χ3n) is 3.00. The summed E-state index contributed by atoms with van der Waals surface area (Å²) in [5.41, 5.74) is 0.500. The summed E-state index contributed by atoms with van der Waals surface area (Å²) in [5.74, 6) is 0.137. The molecule has 0 saturated heterocycles. The number of carbonyl (C=O) groups excluding carboxylic acids is 1. The Bertz CT molecular complexity index is 505. The van der Waals surface area contributed by atoms with Gasteiger partial charge in [0.1, 0.15) is 6.61 Å². The van der Waals surface area contributed by atoms with Gasteiger partial charge in [-0.1, -0.05) is 24.8 Å². The summed E-state index contributed by atoms with van der Waals surface area (Å²) >= 11 is 0. The summed E-state index contributed by atoms with van der Waals surface area (Å²) in [7, 11) is 0. The molecular weight excluding hydrogens is 242 g/mol. The van der Waals surface area contributed by atoms with Gasteiger partial charge in [-0.25, -0.2) is 9.79 Å². The van der Waals surface area contributed by atoms with Gasteiger partial charge in [0.15, 0.2) is 6.10 Å². The minimum atomic E-state index is -0.451. The quantitative estimate of drug-likeness (QED) is 0.616. The summed E-state index contributed by atoms with van der Waals surface area (Å²) < 4.78 is 10.8. The molecule has 1 aromatic carbocycles. The van der Waals surface area contributed by atoms with Crippen LogP contribution in [0.1, 0.15) is 19.4 Å². The lowest BCUT2D eigenvalue weighted by Crippen LogP contribution is -2.36. The molecule has 1 atom stereocenters. The van der Waals surface area contributed by atoms with E-state index in [2.05, 4.69) is 11.6 Å². The highest BCUT2D eigenvalue weighted by Gasteiger charge is 2.39. The molecule has 1 heterocycles. The summed E-state index contributed by atoms with van der Waals surface area (Å²) in [5, 5.41) is 0. The number of hydrogen-bond acceptors (Lipinski definition) is 4. The fraction of sp³-hybridized carbons (Fsp3) is 0.333. The van der Waals surface area contributed by atoms with Gasteiger partial charge in [0.25, 0.3) is 0 Å². The zero-order chi connectivity index (χ0) is 13.9. The molecule has 4 heteroatoms. The van der Waals surface area contributed by atoms with Gasteiger partial charge >= 0.3 is 5.97 Å². The number of rotatable bonds is 4. The van der Waals surface area contributed by atoms with Crippen molar-refractivity contribution in [2.75, 3.05) is 6.61 Å².